The van der Waals surface area contributed by atoms with Crippen LogP contribution in [0.1, 0.15) is 43.5 Å². The molecule has 2 rings (SSSR count). The van der Waals surface area contributed by atoms with E-state index in [2.05, 4.69) is 12.2 Å². The first-order chi connectivity index (χ1) is 10.2. The smallest absolute Gasteiger partial charge is 0.340 e. The molecule has 0 spiro atoms. The van der Waals surface area contributed by atoms with Crippen LogP contribution in [0.5, 0.6) is 0 Å². The van der Waals surface area contributed by atoms with Crippen LogP contribution in [-0.4, -0.2) is 29.6 Å². The summed E-state index contributed by atoms with van der Waals surface area (Å²) in [5.41, 5.74) is 7.94. The van der Waals surface area contributed by atoms with Crippen LogP contribution in [0.3, 0.4) is 0 Å². The van der Waals surface area contributed by atoms with Gasteiger partial charge >= 0.3 is 5.97 Å². The standard InChI is InChI=1S/C16H24N2O2S/c1-3-20-16(19)11-7-5-8-12(17)15(11)18-13-9-6-10-14(13)21-4-2/h5,7-8,13-14,18H,3-4,6,9-10,17H2,1-2H3. The van der Waals surface area contributed by atoms with Gasteiger partial charge in [0.05, 0.1) is 23.5 Å². The van der Waals surface area contributed by atoms with Gasteiger partial charge in [0.25, 0.3) is 0 Å². The highest BCUT2D eigenvalue weighted by atomic mass is 32.2. The zero-order valence-electron chi connectivity index (χ0n) is 12.7. The Labute approximate surface area is 130 Å². The maximum atomic E-state index is 12.1. The molecule has 1 aliphatic rings. The third kappa shape index (κ3) is 3.84. The molecule has 2 atom stereocenters. The second-order valence-corrected chi connectivity index (χ2v) is 6.68. The van der Waals surface area contributed by atoms with Crippen molar-refractivity contribution in [3.05, 3.63) is 23.8 Å². The van der Waals surface area contributed by atoms with Gasteiger partial charge in [-0.2, -0.15) is 11.8 Å². The quantitative estimate of drug-likeness (QED) is 0.622. The molecular weight excluding hydrogens is 284 g/mol. The summed E-state index contributed by atoms with van der Waals surface area (Å²) >= 11 is 1.98. The van der Waals surface area contributed by atoms with Crippen LogP contribution < -0.4 is 11.1 Å². The molecule has 1 aromatic rings. The summed E-state index contributed by atoms with van der Waals surface area (Å²) in [5.74, 6) is 0.794. The summed E-state index contributed by atoms with van der Waals surface area (Å²) in [5, 5.41) is 4.09. The van der Waals surface area contributed by atoms with E-state index in [0.29, 0.717) is 29.1 Å². The number of nitrogen functional groups attached to an aromatic ring is 1. The van der Waals surface area contributed by atoms with Crippen molar-refractivity contribution in [1.29, 1.82) is 0 Å². The number of nitrogens with two attached hydrogens (primary N) is 1. The van der Waals surface area contributed by atoms with E-state index in [9.17, 15) is 4.79 Å². The lowest BCUT2D eigenvalue weighted by Crippen LogP contribution is -2.28. The van der Waals surface area contributed by atoms with Gasteiger partial charge in [-0.05, 0) is 37.7 Å². The number of hydrogen-bond acceptors (Lipinski definition) is 5. The number of nitrogens with one attached hydrogen (secondary N) is 1. The molecule has 4 nitrogen and oxygen atoms in total. The highest BCUT2D eigenvalue weighted by Crippen LogP contribution is 2.34. The van der Waals surface area contributed by atoms with E-state index in [4.69, 9.17) is 10.5 Å². The van der Waals surface area contributed by atoms with E-state index in [-0.39, 0.29) is 5.97 Å². The van der Waals surface area contributed by atoms with E-state index < -0.39 is 0 Å². The Morgan fingerprint density at radius 1 is 1.43 bits per heavy atom. The number of esters is 1. The Bertz CT molecular complexity index is 493. The van der Waals surface area contributed by atoms with E-state index in [0.717, 1.165) is 17.9 Å². The van der Waals surface area contributed by atoms with Gasteiger partial charge in [-0.15, -0.1) is 0 Å². The van der Waals surface area contributed by atoms with Gasteiger partial charge in [0.1, 0.15) is 0 Å². The number of anilines is 2. The average molecular weight is 308 g/mol. The van der Waals surface area contributed by atoms with E-state index in [1.165, 1.54) is 12.8 Å². The molecule has 2 unspecified atom stereocenters. The van der Waals surface area contributed by atoms with Crippen molar-refractivity contribution in [3.8, 4) is 0 Å². The van der Waals surface area contributed by atoms with Crippen LogP contribution in [0.2, 0.25) is 0 Å². The minimum atomic E-state index is -0.315. The monoisotopic (exact) mass is 308 g/mol. The highest BCUT2D eigenvalue weighted by Gasteiger charge is 2.28. The van der Waals surface area contributed by atoms with Crippen molar-refractivity contribution >= 4 is 29.1 Å². The molecule has 1 aromatic carbocycles. The third-order valence-electron chi connectivity index (χ3n) is 3.76. The number of carbonyl (C=O) groups is 1. The molecule has 21 heavy (non-hydrogen) atoms. The minimum Gasteiger partial charge on any atom is -0.462 e. The summed E-state index contributed by atoms with van der Waals surface area (Å²) in [7, 11) is 0. The topological polar surface area (TPSA) is 64.3 Å². The van der Waals surface area contributed by atoms with Gasteiger partial charge in [0.15, 0.2) is 0 Å². The molecule has 116 valence electrons. The fraction of sp³-hybridized carbons (Fsp3) is 0.562. The Kier molecular flexibility index (Phi) is 5.79. The van der Waals surface area contributed by atoms with Crippen molar-refractivity contribution in [3.63, 3.8) is 0 Å². The van der Waals surface area contributed by atoms with Gasteiger partial charge in [0, 0.05) is 11.3 Å². The van der Waals surface area contributed by atoms with Gasteiger partial charge in [-0.25, -0.2) is 4.79 Å². The van der Waals surface area contributed by atoms with Crippen LogP contribution in [0.25, 0.3) is 0 Å². The molecule has 1 fully saturated rings. The summed E-state index contributed by atoms with van der Waals surface area (Å²) in [6.07, 6.45) is 3.56. The Hall–Kier alpha value is -1.36. The second kappa shape index (κ2) is 7.59. The van der Waals surface area contributed by atoms with Gasteiger partial charge in [0.2, 0.25) is 0 Å². The molecule has 0 aliphatic heterocycles. The van der Waals surface area contributed by atoms with Crippen LogP contribution in [0.4, 0.5) is 11.4 Å². The number of carbonyl (C=O) groups excluding carboxylic acids is 1. The first-order valence-electron chi connectivity index (χ1n) is 7.61. The van der Waals surface area contributed by atoms with Crippen LogP contribution in [-0.2, 0) is 4.74 Å². The molecule has 3 N–H and O–H groups in total. The molecule has 0 heterocycles. The van der Waals surface area contributed by atoms with Gasteiger partial charge in [-0.1, -0.05) is 19.4 Å². The van der Waals surface area contributed by atoms with E-state index in [1.807, 2.05) is 24.8 Å². The van der Waals surface area contributed by atoms with Crippen molar-refractivity contribution in [2.24, 2.45) is 0 Å². The summed E-state index contributed by atoms with van der Waals surface area (Å²) in [6.45, 7) is 4.36. The summed E-state index contributed by atoms with van der Waals surface area (Å²) in [6, 6.07) is 5.75. The van der Waals surface area contributed by atoms with Crippen molar-refractivity contribution in [2.45, 2.75) is 44.4 Å². The van der Waals surface area contributed by atoms with Crippen LogP contribution >= 0.6 is 11.8 Å². The van der Waals surface area contributed by atoms with Crippen molar-refractivity contribution < 1.29 is 9.53 Å². The lowest BCUT2D eigenvalue weighted by Gasteiger charge is -2.23. The zero-order valence-corrected chi connectivity index (χ0v) is 13.5. The number of para-hydroxylation sites is 1. The average Bonchev–Trinajstić information content (AvgIpc) is 2.89. The lowest BCUT2D eigenvalue weighted by molar-refractivity contribution is 0.0527. The number of thioether (sulfide) groups is 1. The number of ether oxygens (including phenoxy) is 1. The first kappa shape index (κ1) is 16.0. The number of rotatable bonds is 6. The molecule has 0 amide bonds. The SMILES string of the molecule is CCOC(=O)c1cccc(N)c1NC1CCCC1SCC. The predicted octanol–water partition coefficient (Wildman–Crippen LogP) is 3.53. The summed E-state index contributed by atoms with van der Waals surface area (Å²) in [4.78, 5) is 12.1. The fourth-order valence-corrected chi connectivity index (χ4v) is 4.00. The molecule has 1 aliphatic carbocycles. The Morgan fingerprint density at radius 3 is 2.95 bits per heavy atom. The second-order valence-electron chi connectivity index (χ2n) is 5.17. The molecule has 5 heteroatoms. The Balaban J connectivity index is 2.20. The maximum absolute atomic E-state index is 12.1. The molecule has 1 saturated carbocycles. The van der Waals surface area contributed by atoms with Gasteiger partial charge in [-0.3, -0.25) is 0 Å². The molecule has 0 bridgehead atoms. The highest BCUT2D eigenvalue weighted by molar-refractivity contribution is 7.99. The number of benzene rings is 1. The van der Waals surface area contributed by atoms with Crippen molar-refractivity contribution in [2.75, 3.05) is 23.4 Å². The largest absolute Gasteiger partial charge is 0.462 e. The van der Waals surface area contributed by atoms with Crippen LogP contribution in [0, 0.1) is 0 Å². The first-order valence-corrected chi connectivity index (χ1v) is 8.66. The van der Waals surface area contributed by atoms with Gasteiger partial charge < -0.3 is 15.8 Å². The fourth-order valence-electron chi connectivity index (χ4n) is 2.80. The molecular formula is C16H24N2O2S. The van der Waals surface area contributed by atoms with Crippen LogP contribution in [0.15, 0.2) is 18.2 Å². The van der Waals surface area contributed by atoms with E-state index >= 15 is 0 Å². The Morgan fingerprint density at radius 2 is 2.24 bits per heavy atom. The van der Waals surface area contributed by atoms with E-state index in [1.54, 1.807) is 12.1 Å². The lowest BCUT2D eigenvalue weighted by atomic mass is 10.1. The maximum Gasteiger partial charge on any atom is 0.340 e. The molecule has 0 radical (unpaired) electrons. The molecule has 0 saturated heterocycles. The van der Waals surface area contributed by atoms with Crippen molar-refractivity contribution in [1.82, 2.24) is 0 Å². The third-order valence-corrected chi connectivity index (χ3v) is 5.08. The zero-order chi connectivity index (χ0) is 15.2. The number of hydrogen-bond donors (Lipinski definition) is 2. The normalized spacial score (nSPS) is 21.2. The minimum absolute atomic E-state index is 0.315. The summed E-state index contributed by atoms with van der Waals surface area (Å²) < 4.78 is 5.12. The molecule has 0 aromatic heterocycles. The predicted molar refractivity (Wildman–Crippen MR) is 90.0 cm³/mol.